The predicted octanol–water partition coefficient (Wildman–Crippen LogP) is 1.52. The molecule has 1 aliphatic rings. The minimum absolute atomic E-state index is 0.0438. The maximum absolute atomic E-state index is 10.8. The highest BCUT2D eigenvalue weighted by Gasteiger charge is 2.23. The molecule has 0 aliphatic carbocycles. The fourth-order valence-corrected chi connectivity index (χ4v) is 3.12. The first-order chi connectivity index (χ1) is 11.5. The zero-order valence-electron chi connectivity index (χ0n) is 14.8. The van der Waals surface area contributed by atoms with Crippen molar-refractivity contribution >= 4 is 5.97 Å². The molecule has 2 atom stereocenters. The fourth-order valence-electron chi connectivity index (χ4n) is 3.12. The van der Waals surface area contributed by atoms with E-state index in [1.807, 2.05) is 19.2 Å². The van der Waals surface area contributed by atoms with Gasteiger partial charge in [-0.05, 0) is 30.7 Å². The van der Waals surface area contributed by atoms with E-state index in [1.165, 1.54) is 5.56 Å². The van der Waals surface area contributed by atoms with E-state index in [0.717, 1.165) is 25.4 Å². The van der Waals surface area contributed by atoms with Crippen LogP contribution in [0.4, 0.5) is 0 Å². The van der Waals surface area contributed by atoms with Crippen LogP contribution in [0.3, 0.4) is 0 Å². The Labute approximate surface area is 144 Å². The quantitative estimate of drug-likeness (QED) is 0.777. The number of benzene rings is 1. The van der Waals surface area contributed by atoms with Crippen LogP contribution in [0.25, 0.3) is 0 Å². The molecule has 0 aromatic heterocycles. The van der Waals surface area contributed by atoms with Crippen molar-refractivity contribution in [2.45, 2.75) is 18.9 Å². The number of methoxy groups -OCH3 is 1. The number of carboxylic acids is 1. The first kappa shape index (κ1) is 18.7. The molecule has 0 spiro atoms. The van der Waals surface area contributed by atoms with Crippen LogP contribution in [0.2, 0.25) is 0 Å². The van der Waals surface area contributed by atoms with Gasteiger partial charge >= 0.3 is 5.97 Å². The molecule has 6 heteroatoms. The molecule has 0 saturated carbocycles. The third-order valence-corrected chi connectivity index (χ3v) is 4.36. The second kappa shape index (κ2) is 9.01. The van der Waals surface area contributed by atoms with Crippen molar-refractivity contribution in [1.82, 2.24) is 9.80 Å². The molecule has 0 radical (unpaired) electrons. The van der Waals surface area contributed by atoms with Gasteiger partial charge in [0.25, 0.3) is 0 Å². The molecule has 0 bridgehead atoms. The standard InChI is InChI=1S/C18H28N2O4/c1-14(15-4-6-16(23-3)7-5-15)10-20-8-9-24-17(12-20)11-19(2)13-18(21)22/h4-7,14,17H,8-13H2,1-3H3,(H,21,22). The minimum Gasteiger partial charge on any atom is -0.497 e. The topological polar surface area (TPSA) is 62.2 Å². The highest BCUT2D eigenvalue weighted by atomic mass is 16.5. The number of hydrogen-bond acceptors (Lipinski definition) is 5. The minimum atomic E-state index is -0.807. The van der Waals surface area contributed by atoms with Crippen LogP contribution in [0.1, 0.15) is 18.4 Å². The maximum atomic E-state index is 10.8. The van der Waals surface area contributed by atoms with Crippen LogP contribution in [0.5, 0.6) is 5.75 Å². The Morgan fingerprint density at radius 2 is 2.17 bits per heavy atom. The first-order valence-corrected chi connectivity index (χ1v) is 8.36. The molecule has 1 N–H and O–H groups in total. The number of rotatable bonds is 8. The van der Waals surface area contributed by atoms with Crippen molar-refractivity contribution < 1.29 is 19.4 Å². The Morgan fingerprint density at radius 1 is 1.46 bits per heavy atom. The molecule has 2 rings (SSSR count). The molecule has 1 heterocycles. The number of ether oxygens (including phenoxy) is 2. The molecule has 1 aromatic carbocycles. The van der Waals surface area contributed by atoms with E-state index in [9.17, 15) is 4.79 Å². The van der Waals surface area contributed by atoms with Crippen LogP contribution in [-0.4, -0.2) is 80.5 Å². The molecule has 1 aliphatic heterocycles. The van der Waals surface area contributed by atoms with E-state index >= 15 is 0 Å². The summed E-state index contributed by atoms with van der Waals surface area (Å²) < 4.78 is 11.0. The Kier molecular flexibility index (Phi) is 7.02. The summed E-state index contributed by atoms with van der Waals surface area (Å²) in [6.45, 7) is 6.32. The molecule has 1 fully saturated rings. The lowest BCUT2D eigenvalue weighted by Gasteiger charge is -2.36. The van der Waals surface area contributed by atoms with Gasteiger partial charge in [0.15, 0.2) is 0 Å². The first-order valence-electron chi connectivity index (χ1n) is 8.36. The van der Waals surface area contributed by atoms with Crippen LogP contribution >= 0.6 is 0 Å². The lowest BCUT2D eigenvalue weighted by molar-refractivity contribution is -0.138. The van der Waals surface area contributed by atoms with Gasteiger partial charge in [0.1, 0.15) is 5.75 Å². The summed E-state index contributed by atoms with van der Waals surface area (Å²) in [7, 11) is 3.49. The van der Waals surface area contributed by atoms with E-state index in [4.69, 9.17) is 14.6 Å². The van der Waals surface area contributed by atoms with E-state index in [2.05, 4.69) is 24.0 Å². The largest absolute Gasteiger partial charge is 0.497 e. The second-order valence-electron chi connectivity index (χ2n) is 6.52. The van der Waals surface area contributed by atoms with Gasteiger partial charge < -0.3 is 14.6 Å². The van der Waals surface area contributed by atoms with Gasteiger partial charge in [0, 0.05) is 26.2 Å². The number of morpholine rings is 1. The van der Waals surface area contributed by atoms with Gasteiger partial charge in [-0.3, -0.25) is 14.6 Å². The van der Waals surface area contributed by atoms with Gasteiger partial charge in [-0.1, -0.05) is 19.1 Å². The average molecular weight is 336 g/mol. The Hall–Kier alpha value is -1.63. The van der Waals surface area contributed by atoms with Gasteiger partial charge in [0.05, 0.1) is 26.4 Å². The number of nitrogens with zero attached hydrogens (tertiary/aromatic N) is 2. The van der Waals surface area contributed by atoms with Crippen molar-refractivity contribution in [2.24, 2.45) is 0 Å². The second-order valence-corrected chi connectivity index (χ2v) is 6.52. The summed E-state index contributed by atoms with van der Waals surface area (Å²) in [6.07, 6.45) is 0.0613. The smallest absolute Gasteiger partial charge is 0.317 e. The third-order valence-electron chi connectivity index (χ3n) is 4.36. The Balaban J connectivity index is 1.84. The Morgan fingerprint density at radius 3 is 2.79 bits per heavy atom. The number of likely N-dealkylation sites (N-methyl/N-ethyl adjacent to an activating group) is 1. The van der Waals surface area contributed by atoms with Gasteiger partial charge in [0.2, 0.25) is 0 Å². The lowest BCUT2D eigenvalue weighted by Crippen LogP contribution is -2.48. The van der Waals surface area contributed by atoms with Crippen LogP contribution < -0.4 is 4.74 Å². The molecular weight excluding hydrogens is 308 g/mol. The summed E-state index contributed by atoms with van der Waals surface area (Å²) in [5.41, 5.74) is 1.29. The van der Waals surface area contributed by atoms with E-state index in [1.54, 1.807) is 12.0 Å². The van der Waals surface area contributed by atoms with Crippen molar-refractivity contribution in [3.8, 4) is 5.75 Å². The van der Waals surface area contributed by atoms with Crippen LogP contribution in [0, 0.1) is 0 Å². The van der Waals surface area contributed by atoms with Gasteiger partial charge in [-0.15, -0.1) is 0 Å². The van der Waals surface area contributed by atoms with Gasteiger partial charge in [-0.2, -0.15) is 0 Å². The van der Waals surface area contributed by atoms with Crippen molar-refractivity contribution in [3.05, 3.63) is 29.8 Å². The Bertz CT molecular complexity index is 520. The van der Waals surface area contributed by atoms with E-state index < -0.39 is 5.97 Å². The summed E-state index contributed by atoms with van der Waals surface area (Å²) in [5.74, 6) is 0.489. The average Bonchev–Trinajstić information content (AvgIpc) is 2.54. The van der Waals surface area contributed by atoms with E-state index in [0.29, 0.717) is 19.1 Å². The molecule has 6 nitrogen and oxygen atoms in total. The molecular formula is C18H28N2O4. The third kappa shape index (κ3) is 5.78. The molecule has 2 unspecified atom stereocenters. The van der Waals surface area contributed by atoms with Crippen molar-refractivity contribution in [1.29, 1.82) is 0 Å². The van der Waals surface area contributed by atoms with Crippen molar-refractivity contribution in [2.75, 3.05) is 53.5 Å². The highest BCUT2D eigenvalue weighted by Crippen LogP contribution is 2.21. The number of carboxylic acid groups (broad SMARTS) is 1. The van der Waals surface area contributed by atoms with Gasteiger partial charge in [-0.25, -0.2) is 0 Å². The molecule has 24 heavy (non-hydrogen) atoms. The molecule has 0 amide bonds. The fraction of sp³-hybridized carbons (Fsp3) is 0.611. The van der Waals surface area contributed by atoms with E-state index in [-0.39, 0.29) is 12.6 Å². The molecule has 1 aromatic rings. The predicted molar refractivity (Wildman–Crippen MR) is 92.7 cm³/mol. The normalized spacial score (nSPS) is 20.1. The number of carbonyl (C=O) groups is 1. The highest BCUT2D eigenvalue weighted by molar-refractivity contribution is 5.69. The zero-order valence-corrected chi connectivity index (χ0v) is 14.8. The molecule has 134 valence electrons. The van der Waals surface area contributed by atoms with Crippen LogP contribution in [-0.2, 0) is 9.53 Å². The monoisotopic (exact) mass is 336 g/mol. The van der Waals surface area contributed by atoms with Crippen LogP contribution in [0.15, 0.2) is 24.3 Å². The lowest BCUT2D eigenvalue weighted by atomic mass is 10.00. The summed E-state index contributed by atoms with van der Waals surface area (Å²) in [6, 6.07) is 8.22. The summed E-state index contributed by atoms with van der Waals surface area (Å²) in [4.78, 5) is 15.0. The SMILES string of the molecule is COc1ccc(C(C)CN2CCOC(CN(C)CC(=O)O)C2)cc1. The number of hydrogen-bond donors (Lipinski definition) is 1. The summed E-state index contributed by atoms with van der Waals surface area (Å²) >= 11 is 0. The number of aliphatic carboxylic acids is 1. The van der Waals surface area contributed by atoms with Crippen molar-refractivity contribution in [3.63, 3.8) is 0 Å². The molecule has 1 saturated heterocycles. The zero-order chi connectivity index (χ0) is 17.5. The summed E-state index contributed by atoms with van der Waals surface area (Å²) in [5, 5.41) is 8.85. The maximum Gasteiger partial charge on any atom is 0.317 e.